The Bertz CT molecular complexity index is 725. The number of fused-ring (bicyclic) bond motifs is 1. The number of likely N-dealkylation sites (N-methyl/N-ethyl adjacent to an activating group) is 1. The number of aromatic amines is 1. The number of piperidine rings is 1. The molecule has 0 bridgehead atoms. The number of imidazole rings is 1. The summed E-state index contributed by atoms with van der Waals surface area (Å²) < 4.78 is 4.83. The third-order valence-electron chi connectivity index (χ3n) is 4.05. The maximum absolute atomic E-state index is 11.7. The second-order valence-corrected chi connectivity index (χ2v) is 5.75. The topological polar surface area (TPSA) is 58.9 Å². The summed E-state index contributed by atoms with van der Waals surface area (Å²) in [6, 6.07) is 0.223. The van der Waals surface area contributed by atoms with Gasteiger partial charge in [0.05, 0.1) is 11.7 Å². The van der Waals surface area contributed by atoms with Crippen LogP contribution < -0.4 is 0 Å². The Labute approximate surface area is 122 Å². The van der Waals surface area contributed by atoms with Crippen LogP contribution in [0.3, 0.4) is 0 Å². The van der Waals surface area contributed by atoms with Gasteiger partial charge < -0.3 is 9.88 Å². The average Bonchev–Trinajstić information content (AvgIpc) is 2.90. The number of aromatic nitrogens is 4. The van der Waals surface area contributed by atoms with Gasteiger partial charge in [0, 0.05) is 26.6 Å². The fourth-order valence-electron chi connectivity index (χ4n) is 2.98. The standard InChI is InChI=1S/C13H19N5OS/c1-4-17-12-11(8(2)15-17)14-13(20)18(12)9-5-6-10(19)16(3)7-9/h9H,4-7H2,1-3H3,(H,14,20). The Balaban J connectivity index is 2.13. The third-order valence-corrected chi connectivity index (χ3v) is 4.34. The monoisotopic (exact) mass is 293 g/mol. The fraction of sp³-hybridized carbons (Fsp3) is 0.615. The largest absolute Gasteiger partial charge is 0.344 e. The smallest absolute Gasteiger partial charge is 0.222 e. The van der Waals surface area contributed by atoms with Crippen molar-refractivity contribution in [2.45, 2.75) is 39.3 Å². The van der Waals surface area contributed by atoms with Crippen LogP contribution in [0.5, 0.6) is 0 Å². The molecule has 1 amide bonds. The first kappa shape index (κ1) is 13.4. The van der Waals surface area contributed by atoms with Gasteiger partial charge in [0.25, 0.3) is 0 Å². The van der Waals surface area contributed by atoms with Crippen LogP contribution in [-0.4, -0.2) is 43.7 Å². The molecule has 1 saturated heterocycles. The molecule has 2 aromatic rings. The lowest BCUT2D eigenvalue weighted by Gasteiger charge is -2.30. The van der Waals surface area contributed by atoms with Crippen LogP contribution in [0.4, 0.5) is 0 Å². The summed E-state index contributed by atoms with van der Waals surface area (Å²) in [5.74, 6) is 0.208. The van der Waals surface area contributed by atoms with Crippen molar-refractivity contribution in [2.75, 3.05) is 13.6 Å². The molecule has 1 unspecified atom stereocenters. The molecule has 0 radical (unpaired) electrons. The van der Waals surface area contributed by atoms with Crippen molar-refractivity contribution in [1.29, 1.82) is 0 Å². The lowest BCUT2D eigenvalue weighted by atomic mass is 10.1. The van der Waals surface area contributed by atoms with Crippen LogP contribution in [0.2, 0.25) is 0 Å². The summed E-state index contributed by atoms with van der Waals surface area (Å²) >= 11 is 5.49. The van der Waals surface area contributed by atoms with Gasteiger partial charge in [-0.25, -0.2) is 4.68 Å². The van der Waals surface area contributed by atoms with E-state index in [-0.39, 0.29) is 11.9 Å². The van der Waals surface area contributed by atoms with Crippen molar-refractivity contribution in [1.82, 2.24) is 24.2 Å². The summed E-state index contributed by atoms with van der Waals surface area (Å²) in [5, 5.41) is 4.54. The van der Waals surface area contributed by atoms with Crippen LogP contribution in [0.1, 0.15) is 31.5 Å². The molecule has 7 heteroatoms. The summed E-state index contributed by atoms with van der Waals surface area (Å²) in [7, 11) is 1.85. The van der Waals surface area contributed by atoms with E-state index in [1.807, 2.05) is 18.7 Å². The maximum Gasteiger partial charge on any atom is 0.222 e. The Morgan fingerprint density at radius 3 is 2.90 bits per heavy atom. The fourth-order valence-corrected chi connectivity index (χ4v) is 3.32. The number of carbonyl (C=O) groups excluding carboxylic acids is 1. The summed E-state index contributed by atoms with van der Waals surface area (Å²) in [5.41, 5.74) is 3.02. The van der Waals surface area contributed by atoms with E-state index in [0.717, 1.165) is 34.6 Å². The van der Waals surface area contributed by atoms with Gasteiger partial charge in [-0.15, -0.1) is 0 Å². The molecule has 3 heterocycles. The lowest BCUT2D eigenvalue weighted by Crippen LogP contribution is -2.38. The van der Waals surface area contributed by atoms with Gasteiger partial charge in [0.15, 0.2) is 10.4 Å². The minimum Gasteiger partial charge on any atom is -0.344 e. The Morgan fingerprint density at radius 2 is 2.25 bits per heavy atom. The summed E-state index contributed by atoms with van der Waals surface area (Å²) in [6.07, 6.45) is 1.41. The molecule has 1 atom stereocenters. The van der Waals surface area contributed by atoms with Crippen molar-refractivity contribution in [3.63, 3.8) is 0 Å². The highest BCUT2D eigenvalue weighted by Crippen LogP contribution is 2.27. The number of hydrogen-bond acceptors (Lipinski definition) is 3. The minimum absolute atomic E-state index is 0.208. The van der Waals surface area contributed by atoms with E-state index in [0.29, 0.717) is 13.0 Å². The van der Waals surface area contributed by atoms with Crippen LogP contribution >= 0.6 is 12.2 Å². The van der Waals surface area contributed by atoms with E-state index < -0.39 is 0 Å². The van der Waals surface area contributed by atoms with E-state index in [9.17, 15) is 4.79 Å². The Hall–Kier alpha value is -1.63. The Morgan fingerprint density at radius 1 is 1.50 bits per heavy atom. The zero-order chi connectivity index (χ0) is 14.4. The molecule has 3 rings (SSSR count). The van der Waals surface area contributed by atoms with Gasteiger partial charge in [0.2, 0.25) is 5.91 Å². The highest BCUT2D eigenvalue weighted by Gasteiger charge is 2.27. The van der Waals surface area contributed by atoms with E-state index in [2.05, 4.69) is 21.6 Å². The second kappa shape index (κ2) is 4.73. The highest BCUT2D eigenvalue weighted by atomic mass is 32.1. The number of aryl methyl sites for hydroxylation is 2. The van der Waals surface area contributed by atoms with Crippen LogP contribution in [0.25, 0.3) is 11.2 Å². The number of carbonyl (C=O) groups is 1. The molecule has 1 fully saturated rings. The number of nitrogens with zero attached hydrogens (tertiary/aromatic N) is 4. The molecule has 1 aliphatic heterocycles. The number of nitrogens with one attached hydrogen (secondary N) is 1. The number of H-pyrrole nitrogens is 1. The molecule has 6 nitrogen and oxygen atoms in total. The van der Waals surface area contributed by atoms with E-state index >= 15 is 0 Å². The first-order chi connectivity index (χ1) is 9.52. The zero-order valence-electron chi connectivity index (χ0n) is 12.0. The van der Waals surface area contributed by atoms with Crippen molar-refractivity contribution >= 4 is 29.3 Å². The van der Waals surface area contributed by atoms with E-state index in [1.54, 1.807) is 4.90 Å². The number of rotatable bonds is 2. The van der Waals surface area contributed by atoms with Crippen molar-refractivity contribution < 1.29 is 4.79 Å². The molecule has 2 aromatic heterocycles. The molecule has 0 saturated carbocycles. The van der Waals surface area contributed by atoms with Crippen molar-refractivity contribution in [2.24, 2.45) is 0 Å². The molecule has 1 aliphatic rings. The number of amides is 1. The van der Waals surface area contributed by atoms with Gasteiger partial charge >= 0.3 is 0 Å². The van der Waals surface area contributed by atoms with Gasteiger partial charge in [-0.3, -0.25) is 9.36 Å². The van der Waals surface area contributed by atoms with Crippen LogP contribution in [-0.2, 0) is 11.3 Å². The number of hydrogen-bond donors (Lipinski definition) is 1. The van der Waals surface area contributed by atoms with Gasteiger partial charge in [0.1, 0.15) is 5.52 Å². The molecule has 20 heavy (non-hydrogen) atoms. The van der Waals surface area contributed by atoms with Gasteiger partial charge in [-0.2, -0.15) is 5.10 Å². The highest BCUT2D eigenvalue weighted by molar-refractivity contribution is 7.71. The third kappa shape index (κ3) is 1.88. The van der Waals surface area contributed by atoms with E-state index in [1.165, 1.54) is 0 Å². The van der Waals surface area contributed by atoms with Crippen LogP contribution in [0, 0.1) is 11.7 Å². The van der Waals surface area contributed by atoms with E-state index in [4.69, 9.17) is 12.2 Å². The van der Waals surface area contributed by atoms with Crippen LogP contribution in [0.15, 0.2) is 0 Å². The summed E-state index contributed by atoms with van der Waals surface area (Å²) in [4.78, 5) is 16.7. The molecule has 0 spiro atoms. The Kier molecular flexibility index (Phi) is 3.16. The molecular weight excluding hydrogens is 274 g/mol. The second-order valence-electron chi connectivity index (χ2n) is 5.37. The molecule has 0 aliphatic carbocycles. The molecular formula is C13H19N5OS. The first-order valence-electron chi connectivity index (χ1n) is 6.94. The van der Waals surface area contributed by atoms with Crippen molar-refractivity contribution in [3.05, 3.63) is 10.5 Å². The van der Waals surface area contributed by atoms with Crippen molar-refractivity contribution in [3.8, 4) is 0 Å². The maximum atomic E-state index is 11.7. The molecule has 108 valence electrons. The lowest BCUT2D eigenvalue weighted by molar-refractivity contribution is -0.132. The zero-order valence-corrected chi connectivity index (χ0v) is 12.8. The summed E-state index contributed by atoms with van der Waals surface area (Å²) in [6.45, 7) is 5.57. The number of likely N-dealkylation sites (tertiary alicyclic amines) is 1. The minimum atomic E-state index is 0.208. The average molecular weight is 293 g/mol. The molecule has 1 N–H and O–H groups in total. The van der Waals surface area contributed by atoms with Gasteiger partial charge in [-0.05, 0) is 32.5 Å². The predicted octanol–water partition coefficient (Wildman–Crippen LogP) is 2.02. The first-order valence-corrected chi connectivity index (χ1v) is 7.35. The quantitative estimate of drug-likeness (QED) is 0.862. The normalized spacial score (nSPS) is 20.1. The SMILES string of the molecule is CCn1nc(C)c2[nH]c(=S)n(C3CCC(=O)N(C)C3)c21. The van der Waals surface area contributed by atoms with Gasteiger partial charge in [-0.1, -0.05) is 0 Å². The predicted molar refractivity (Wildman–Crippen MR) is 79.2 cm³/mol. The molecule has 0 aromatic carbocycles.